The molecular formula is C9H18INO4Si. The standard InChI is InChI=1S/C9H18NO4Si.HI/c1-8-6-14-9(2)10(8)7-15(11-3,12-4)13-5;/h6H,7H2,1-5H3;1H/q+1;/p-1. The third kappa shape index (κ3) is 3.26. The zero-order valence-electron chi connectivity index (χ0n) is 10.2. The van der Waals surface area contributed by atoms with Crippen molar-refractivity contribution in [2.24, 2.45) is 0 Å². The highest BCUT2D eigenvalue weighted by atomic mass is 127. The molecule has 7 heteroatoms. The van der Waals surface area contributed by atoms with Gasteiger partial charge >= 0.3 is 14.7 Å². The minimum absolute atomic E-state index is 0. The van der Waals surface area contributed by atoms with Crippen LogP contribution in [0.25, 0.3) is 0 Å². The second-order valence-corrected chi connectivity index (χ2v) is 6.18. The molecule has 0 aliphatic rings. The van der Waals surface area contributed by atoms with Crippen molar-refractivity contribution in [3.05, 3.63) is 17.8 Å². The fraction of sp³-hybridized carbons (Fsp3) is 0.667. The van der Waals surface area contributed by atoms with E-state index in [0.29, 0.717) is 6.17 Å². The van der Waals surface area contributed by atoms with Crippen LogP contribution < -0.4 is 28.5 Å². The molecule has 0 fully saturated rings. The molecule has 94 valence electrons. The Morgan fingerprint density at radius 1 is 1.19 bits per heavy atom. The van der Waals surface area contributed by atoms with Gasteiger partial charge in [-0.25, -0.2) is 0 Å². The Labute approximate surface area is 114 Å². The van der Waals surface area contributed by atoms with Crippen LogP contribution in [0.3, 0.4) is 0 Å². The molecule has 0 aliphatic heterocycles. The summed E-state index contributed by atoms with van der Waals surface area (Å²) in [5.41, 5.74) is 1.02. The van der Waals surface area contributed by atoms with E-state index < -0.39 is 8.80 Å². The van der Waals surface area contributed by atoms with E-state index in [1.807, 2.05) is 18.4 Å². The maximum absolute atomic E-state index is 5.35. The van der Waals surface area contributed by atoms with Crippen molar-refractivity contribution in [2.75, 3.05) is 21.3 Å². The van der Waals surface area contributed by atoms with E-state index in [-0.39, 0.29) is 24.0 Å². The van der Waals surface area contributed by atoms with Crippen LogP contribution in [0.2, 0.25) is 0 Å². The molecule has 0 aromatic carbocycles. The molecule has 0 saturated carbocycles. The molecule has 0 radical (unpaired) electrons. The number of aromatic nitrogens is 1. The predicted octanol–water partition coefficient (Wildman–Crippen LogP) is -2.39. The Kier molecular flexibility index (Phi) is 6.71. The molecule has 0 bridgehead atoms. The monoisotopic (exact) mass is 359 g/mol. The largest absolute Gasteiger partial charge is 1.00 e. The second-order valence-electron chi connectivity index (χ2n) is 3.28. The molecule has 5 nitrogen and oxygen atoms in total. The molecule has 1 rings (SSSR count). The maximum atomic E-state index is 5.35. The third-order valence-corrected chi connectivity index (χ3v) is 5.06. The number of hydrogen-bond acceptors (Lipinski definition) is 4. The first-order chi connectivity index (χ1) is 7.08. The predicted molar refractivity (Wildman–Crippen MR) is 55.2 cm³/mol. The second kappa shape index (κ2) is 6.69. The summed E-state index contributed by atoms with van der Waals surface area (Å²) in [5.74, 6) is 0.815. The van der Waals surface area contributed by atoms with Crippen molar-refractivity contribution < 1.29 is 46.2 Å². The van der Waals surface area contributed by atoms with Gasteiger partial charge in [0.1, 0.15) is 0 Å². The molecule has 0 aliphatic carbocycles. The highest BCUT2D eigenvalue weighted by Gasteiger charge is 2.45. The smallest absolute Gasteiger partial charge is 0.569 e. The Morgan fingerprint density at radius 3 is 2.00 bits per heavy atom. The Bertz CT molecular complexity index is 300. The molecule has 0 amide bonds. The van der Waals surface area contributed by atoms with E-state index in [4.69, 9.17) is 17.7 Å². The lowest BCUT2D eigenvalue weighted by atomic mass is 10.5. The van der Waals surface area contributed by atoms with Gasteiger partial charge in [0, 0.05) is 28.3 Å². The van der Waals surface area contributed by atoms with Crippen LogP contribution in [-0.2, 0) is 19.4 Å². The summed E-state index contributed by atoms with van der Waals surface area (Å²) in [4.78, 5) is 0. The van der Waals surface area contributed by atoms with Gasteiger partial charge in [0.2, 0.25) is 11.9 Å². The highest BCUT2D eigenvalue weighted by Crippen LogP contribution is 2.08. The number of hydrogen-bond donors (Lipinski definition) is 0. The highest BCUT2D eigenvalue weighted by molar-refractivity contribution is 6.58. The maximum Gasteiger partial charge on any atom is 0.569 e. The lowest BCUT2D eigenvalue weighted by molar-refractivity contribution is -0.700. The van der Waals surface area contributed by atoms with Gasteiger partial charge in [-0.2, -0.15) is 4.57 Å². The van der Waals surface area contributed by atoms with E-state index in [2.05, 4.69) is 0 Å². The van der Waals surface area contributed by atoms with Gasteiger partial charge in [-0.3, -0.25) is 0 Å². The molecule has 1 aromatic rings. The zero-order valence-corrected chi connectivity index (χ0v) is 13.4. The third-order valence-electron chi connectivity index (χ3n) is 2.49. The number of nitrogens with zero attached hydrogens (tertiary/aromatic N) is 1. The van der Waals surface area contributed by atoms with E-state index in [9.17, 15) is 0 Å². The number of rotatable bonds is 5. The summed E-state index contributed by atoms with van der Waals surface area (Å²) in [7, 11) is 2.22. The van der Waals surface area contributed by atoms with Crippen molar-refractivity contribution in [1.29, 1.82) is 0 Å². The zero-order chi connectivity index (χ0) is 11.5. The Hall–Kier alpha value is 0.0369. The minimum Gasteiger partial charge on any atom is -1.00 e. The van der Waals surface area contributed by atoms with Gasteiger partial charge in [0.25, 0.3) is 0 Å². The fourth-order valence-electron chi connectivity index (χ4n) is 1.42. The van der Waals surface area contributed by atoms with Gasteiger partial charge in [0.05, 0.1) is 6.92 Å². The van der Waals surface area contributed by atoms with E-state index in [1.54, 1.807) is 27.6 Å². The topological polar surface area (TPSA) is 44.7 Å². The molecule has 0 spiro atoms. The van der Waals surface area contributed by atoms with Crippen molar-refractivity contribution in [1.82, 2.24) is 0 Å². The quantitative estimate of drug-likeness (QED) is 0.334. The number of halogens is 1. The molecule has 0 saturated heterocycles. The first-order valence-corrected chi connectivity index (χ1v) is 6.61. The first-order valence-electron chi connectivity index (χ1n) is 4.68. The van der Waals surface area contributed by atoms with Crippen LogP contribution in [0.1, 0.15) is 11.6 Å². The number of aryl methyl sites for hydroxylation is 2. The fourth-order valence-corrected chi connectivity index (χ4v) is 3.17. The molecular weight excluding hydrogens is 341 g/mol. The van der Waals surface area contributed by atoms with Crippen LogP contribution in [0.15, 0.2) is 10.7 Å². The van der Waals surface area contributed by atoms with Crippen LogP contribution in [0.4, 0.5) is 0 Å². The normalized spacial score (nSPS) is 11.3. The minimum atomic E-state index is -2.58. The summed E-state index contributed by atoms with van der Waals surface area (Å²) >= 11 is 0. The van der Waals surface area contributed by atoms with Crippen molar-refractivity contribution in [2.45, 2.75) is 20.0 Å². The molecule has 0 N–H and O–H groups in total. The van der Waals surface area contributed by atoms with E-state index in [1.165, 1.54) is 0 Å². The van der Waals surface area contributed by atoms with Crippen LogP contribution in [0, 0.1) is 13.8 Å². The average molecular weight is 359 g/mol. The van der Waals surface area contributed by atoms with Gasteiger partial charge < -0.3 is 41.7 Å². The van der Waals surface area contributed by atoms with Gasteiger partial charge in [-0.05, 0) is 0 Å². The van der Waals surface area contributed by atoms with Crippen LogP contribution >= 0.6 is 0 Å². The average Bonchev–Trinajstić information content (AvgIpc) is 2.57. The number of oxazole rings is 1. The molecule has 0 unspecified atom stereocenters. The van der Waals surface area contributed by atoms with Crippen molar-refractivity contribution in [3.63, 3.8) is 0 Å². The Balaban J connectivity index is 0.00000225. The van der Waals surface area contributed by atoms with Crippen LogP contribution in [0.5, 0.6) is 0 Å². The summed E-state index contributed by atoms with van der Waals surface area (Å²) in [6.07, 6.45) is 2.26. The Morgan fingerprint density at radius 2 is 1.69 bits per heavy atom. The summed E-state index contributed by atoms with van der Waals surface area (Å²) in [6, 6.07) is 0. The molecule has 16 heavy (non-hydrogen) atoms. The SMILES string of the molecule is CO[Si](C[n+]1c(C)coc1C)(OC)OC.[I-]. The van der Waals surface area contributed by atoms with E-state index >= 15 is 0 Å². The van der Waals surface area contributed by atoms with Gasteiger partial charge in [-0.15, -0.1) is 0 Å². The van der Waals surface area contributed by atoms with Crippen molar-refractivity contribution >= 4 is 8.80 Å². The molecule has 1 aromatic heterocycles. The first kappa shape index (κ1) is 16.0. The van der Waals surface area contributed by atoms with Crippen molar-refractivity contribution in [3.8, 4) is 0 Å². The lowest BCUT2D eigenvalue weighted by Crippen LogP contribution is -3.00. The van der Waals surface area contributed by atoms with E-state index in [0.717, 1.165) is 11.6 Å². The van der Waals surface area contributed by atoms with Gasteiger partial charge in [-0.1, -0.05) is 0 Å². The summed E-state index contributed by atoms with van der Waals surface area (Å²) < 4.78 is 23.3. The molecule has 1 heterocycles. The lowest BCUT2D eigenvalue weighted by Gasteiger charge is -2.20. The summed E-state index contributed by atoms with van der Waals surface area (Å²) in [6.45, 7) is 3.86. The molecule has 0 atom stereocenters. The van der Waals surface area contributed by atoms with Gasteiger partial charge in [0.15, 0.2) is 6.26 Å². The summed E-state index contributed by atoms with van der Waals surface area (Å²) in [5, 5.41) is 0. The van der Waals surface area contributed by atoms with Crippen LogP contribution in [-0.4, -0.2) is 30.1 Å².